The van der Waals surface area contributed by atoms with Gasteiger partial charge in [0, 0.05) is 6.07 Å². The molecule has 3 nitrogen and oxygen atoms in total. The van der Waals surface area contributed by atoms with E-state index in [1.807, 2.05) is 48.5 Å². The van der Waals surface area contributed by atoms with Crippen LogP contribution in [0.1, 0.15) is 0 Å². The molecule has 0 radical (unpaired) electrons. The molecule has 0 unspecified atom stereocenters. The average Bonchev–Trinajstić information content (AvgIpc) is 2.49. The van der Waals surface area contributed by atoms with E-state index in [0.717, 1.165) is 5.75 Å². The van der Waals surface area contributed by atoms with Gasteiger partial charge in [0.05, 0.1) is 0 Å². The van der Waals surface area contributed by atoms with Crippen molar-refractivity contribution in [2.75, 3.05) is 0 Å². The number of hydrogen-bond acceptors (Lipinski definition) is 3. The van der Waals surface area contributed by atoms with Gasteiger partial charge >= 0.3 is 51.4 Å². The summed E-state index contributed by atoms with van der Waals surface area (Å²) in [6.45, 7) is 0. The molecule has 3 aromatic rings. The summed E-state index contributed by atoms with van der Waals surface area (Å²) in [4.78, 5) is 0. The van der Waals surface area contributed by atoms with Crippen molar-refractivity contribution >= 4 is 0 Å². The van der Waals surface area contributed by atoms with Crippen LogP contribution < -0.4 is 66.0 Å². The second-order valence-corrected chi connectivity index (χ2v) is 4.47. The molecule has 0 saturated heterocycles. The second-order valence-electron chi connectivity index (χ2n) is 4.47. The molecule has 0 aromatic heterocycles. The van der Waals surface area contributed by atoms with E-state index >= 15 is 0 Å². The molecule has 0 bridgehead atoms. The van der Waals surface area contributed by atoms with Crippen LogP contribution >= 0.6 is 0 Å². The third kappa shape index (κ3) is 4.86. The zero-order valence-electron chi connectivity index (χ0n) is 12.2. The Labute approximate surface area is 171 Å². The molecule has 104 valence electrons. The van der Waals surface area contributed by atoms with Gasteiger partial charge in [-0.05, 0) is 36.4 Å². The van der Waals surface area contributed by atoms with Crippen LogP contribution in [0.4, 0.5) is 0 Å². The first-order chi connectivity index (χ1) is 10.3. The van der Waals surface area contributed by atoms with E-state index in [1.165, 1.54) is 12.1 Å². The van der Waals surface area contributed by atoms with Crippen LogP contribution in [0.2, 0.25) is 0 Å². The maximum atomic E-state index is 11.3. The summed E-state index contributed by atoms with van der Waals surface area (Å²) < 4.78 is 11.4. The molecule has 22 heavy (non-hydrogen) atoms. The van der Waals surface area contributed by atoms with Crippen LogP contribution in [0.15, 0.2) is 78.9 Å². The van der Waals surface area contributed by atoms with E-state index in [2.05, 4.69) is 0 Å². The summed E-state index contributed by atoms with van der Waals surface area (Å²) in [7, 11) is 0. The first-order valence-electron chi connectivity index (χ1n) is 6.57. The Balaban J connectivity index is 0.00000176. The summed E-state index contributed by atoms with van der Waals surface area (Å²) in [5, 5.41) is 11.3. The van der Waals surface area contributed by atoms with Crippen molar-refractivity contribution in [3.63, 3.8) is 0 Å². The Hall–Kier alpha value is -1.30. The van der Waals surface area contributed by atoms with E-state index in [0.29, 0.717) is 17.2 Å². The second kappa shape index (κ2) is 8.36. The fraction of sp³-hybridized carbons (Fsp3) is 0. The van der Waals surface area contributed by atoms with Crippen LogP contribution in [0.3, 0.4) is 0 Å². The normalized spacial score (nSPS) is 9.64. The first kappa shape index (κ1) is 17.1. The number of ether oxygens (including phenoxy) is 2. The SMILES string of the molecule is [K+].[O-]c1cccc(Oc2cccc(Oc3ccccc3)c2)c1. The Kier molecular flexibility index (Phi) is 6.48. The van der Waals surface area contributed by atoms with Gasteiger partial charge in [-0.15, -0.1) is 5.75 Å². The van der Waals surface area contributed by atoms with Crippen molar-refractivity contribution in [2.45, 2.75) is 0 Å². The van der Waals surface area contributed by atoms with Gasteiger partial charge in [-0.25, -0.2) is 0 Å². The van der Waals surface area contributed by atoms with Gasteiger partial charge in [-0.2, -0.15) is 0 Å². The molecule has 3 aromatic carbocycles. The molecule has 0 atom stereocenters. The van der Waals surface area contributed by atoms with Gasteiger partial charge in [0.15, 0.2) is 0 Å². The Morgan fingerprint density at radius 3 is 1.68 bits per heavy atom. The van der Waals surface area contributed by atoms with Crippen molar-refractivity contribution in [1.82, 2.24) is 0 Å². The number of hydrogen-bond donors (Lipinski definition) is 0. The minimum absolute atomic E-state index is 0. The van der Waals surface area contributed by atoms with Crippen molar-refractivity contribution in [3.8, 4) is 28.7 Å². The fourth-order valence-corrected chi connectivity index (χ4v) is 1.90. The van der Waals surface area contributed by atoms with Crippen molar-refractivity contribution in [1.29, 1.82) is 0 Å². The zero-order valence-corrected chi connectivity index (χ0v) is 15.4. The molecule has 0 aliphatic carbocycles. The predicted octanol–water partition coefficient (Wildman–Crippen LogP) is 1.35. The molecule has 0 amide bonds. The molecular formula is C18H13KO3. The quantitative estimate of drug-likeness (QED) is 0.682. The van der Waals surface area contributed by atoms with E-state index in [9.17, 15) is 5.11 Å². The van der Waals surface area contributed by atoms with Gasteiger partial charge in [-0.3, -0.25) is 0 Å². The molecule has 0 fully saturated rings. The van der Waals surface area contributed by atoms with E-state index in [4.69, 9.17) is 9.47 Å². The summed E-state index contributed by atoms with van der Waals surface area (Å²) in [5.74, 6) is 2.49. The average molecular weight is 316 g/mol. The van der Waals surface area contributed by atoms with Crippen LogP contribution in [-0.4, -0.2) is 0 Å². The Morgan fingerprint density at radius 2 is 1.05 bits per heavy atom. The third-order valence-electron chi connectivity index (χ3n) is 2.83. The maximum absolute atomic E-state index is 11.3. The molecule has 0 spiro atoms. The fourth-order valence-electron chi connectivity index (χ4n) is 1.90. The standard InChI is InChI=1S/C18H14O3.K/c19-14-6-4-9-16(12-14)21-18-11-5-10-17(13-18)20-15-7-2-1-3-8-15;/h1-13,19H;/q;+1/p-1. The van der Waals surface area contributed by atoms with Gasteiger partial charge in [0.25, 0.3) is 0 Å². The van der Waals surface area contributed by atoms with E-state index < -0.39 is 0 Å². The van der Waals surface area contributed by atoms with Gasteiger partial charge in [0.1, 0.15) is 23.0 Å². The van der Waals surface area contributed by atoms with Gasteiger partial charge < -0.3 is 14.6 Å². The summed E-state index contributed by atoms with van der Waals surface area (Å²) in [6.07, 6.45) is 0. The summed E-state index contributed by atoms with van der Waals surface area (Å²) >= 11 is 0. The van der Waals surface area contributed by atoms with E-state index in [-0.39, 0.29) is 57.1 Å². The molecule has 3 rings (SSSR count). The molecular weight excluding hydrogens is 303 g/mol. The summed E-state index contributed by atoms with van der Waals surface area (Å²) in [5.41, 5.74) is 0. The van der Waals surface area contributed by atoms with Crippen molar-refractivity contribution < 1.29 is 66.0 Å². The van der Waals surface area contributed by atoms with Gasteiger partial charge in [0.2, 0.25) is 0 Å². The van der Waals surface area contributed by atoms with Crippen LogP contribution in [0.5, 0.6) is 28.7 Å². The number of para-hydroxylation sites is 1. The molecule has 0 N–H and O–H groups in total. The smallest absolute Gasteiger partial charge is 0.872 e. The molecule has 0 saturated carbocycles. The van der Waals surface area contributed by atoms with Gasteiger partial charge in [-0.1, -0.05) is 36.4 Å². The maximum Gasteiger partial charge on any atom is 1.00 e. The Morgan fingerprint density at radius 1 is 0.545 bits per heavy atom. The number of benzene rings is 3. The van der Waals surface area contributed by atoms with Crippen LogP contribution in [-0.2, 0) is 0 Å². The topological polar surface area (TPSA) is 41.5 Å². The minimum atomic E-state index is -0.0795. The minimum Gasteiger partial charge on any atom is -0.872 e. The predicted molar refractivity (Wildman–Crippen MR) is 78.9 cm³/mol. The molecule has 0 aliphatic rings. The Bertz CT molecular complexity index is 729. The summed E-state index contributed by atoms with van der Waals surface area (Å²) in [6, 6.07) is 23.2. The van der Waals surface area contributed by atoms with Crippen molar-refractivity contribution in [2.24, 2.45) is 0 Å². The largest absolute Gasteiger partial charge is 1.00 e. The molecule has 0 heterocycles. The monoisotopic (exact) mass is 316 g/mol. The zero-order chi connectivity index (χ0) is 14.5. The third-order valence-corrected chi connectivity index (χ3v) is 2.83. The first-order valence-corrected chi connectivity index (χ1v) is 6.57. The van der Waals surface area contributed by atoms with E-state index in [1.54, 1.807) is 18.2 Å². The van der Waals surface area contributed by atoms with Crippen LogP contribution in [0, 0.1) is 0 Å². The van der Waals surface area contributed by atoms with Crippen LogP contribution in [0.25, 0.3) is 0 Å². The molecule has 0 aliphatic heterocycles. The molecule has 4 heteroatoms. The number of rotatable bonds is 4. The van der Waals surface area contributed by atoms with Crippen molar-refractivity contribution in [3.05, 3.63) is 78.9 Å².